The Morgan fingerprint density at radius 3 is 0.970 bits per heavy atom. The zero-order valence-corrected chi connectivity index (χ0v) is 42.1. The summed E-state index contributed by atoms with van der Waals surface area (Å²) in [4.78, 5) is 37.8. The molecule has 0 saturated carbocycles. The van der Waals surface area contributed by atoms with Crippen LogP contribution in [-0.4, -0.2) is 37.2 Å². The van der Waals surface area contributed by atoms with E-state index in [-0.39, 0.29) is 37.5 Å². The summed E-state index contributed by atoms with van der Waals surface area (Å²) in [5.74, 6) is -1.00. The normalized spacial score (nSPS) is 13.2. The van der Waals surface area contributed by atoms with Crippen molar-refractivity contribution in [1.82, 2.24) is 0 Å². The van der Waals surface area contributed by atoms with Crippen molar-refractivity contribution in [2.45, 2.75) is 213 Å². The van der Waals surface area contributed by atoms with Crippen molar-refractivity contribution in [3.8, 4) is 0 Å². The number of unbranched alkanes of at least 4 members (excludes halogenated alkanes) is 12. The predicted molar refractivity (Wildman–Crippen MR) is 283 cm³/mol. The molecule has 0 aliphatic carbocycles. The maximum absolute atomic E-state index is 12.7. The zero-order chi connectivity index (χ0) is 47.9. The molecular weight excluding hydrogens is 817 g/mol. The van der Waals surface area contributed by atoms with Gasteiger partial charge in [-0.3, -0.25) is 14.4 Å². The second-order valence-electron chi connectivity index (χ2n) is 16.7. The van der Waals surface area contributed by atoms with E-state index in [0.717, 1.165) is 128 Å². The van der Waals surface area contributed by atoms with Gasteiger partial charge >= 0.3 is 17.9 Å². The van der Waals surface area contributed by atoms with Gasteiger partial charge < -0.3 is 14.2 Å². The summed E-state index contributed by atoms with van der Waals surface area (Å²) in [6, 6.07) is 0. The molecule has 66 heavy (non-hydrogen) atoms. The van der Waals surface area contributed by atoms with Crippen LogP contribution in [0, 0.1) is 0 Å². The van der Waals surface area contributed by atoms with Crippen molar-refractivity contribution in [3.63, 3.8) is 0 Å². The van der Waals surface area contributed by atoms with Crippen molar-refractivity contribution < 1.29 is 28.6 Å². The first kappa shape index (κ1) is 61.5. The zero-order valence-electron chi connectivity index (χ0n) is 42.1. The lowest BCUT2D eigenvalue weighted by Crippen LogP contribution is -2.30. The van der Waals surface area contributed by atoms with Crippen LogP contribution in [-0.2, 0) is 28.6 Å². The minimum absolute atomic E-state index is 0.110. The molecule has 0 aliphatic rings. The second-order valence-corrected chi connectivity index (χ2v) is 16.7. The number of hydrogen-bond donors (Lipinski definition) is 0. The molecule has 0 aromatic rings. The lowest BCUT2D eigenvalue weighted by Gasteiger charge is -2.18. The fraction of sp³-hybridized carbons (Fsp3) is 0.583. The van der Waals surface area contributed by atoms with E-state index < -0.39 is 6.10 Å². The Morgan fingerprint density at radius 2 is 0.606 bits per heavy atom. The molecule has 0 heterocycles. The number of hydrogen-bond acceptors (Lipinski definition) is 6. The molecule has 0 radical (unpaired) electrons. The molecule has 370 valence electrons. The summed E-state index contributed by atoms with van der Waals surface area (Å²) in [7, 11) is 0. The van der Waals surface area contributed by atoms with E-state index in [9.17, 15) is 14.4 Å². The molecule has 0 rings (SSSR count). The molecule has 0 saturated heterocycles. The topological polar surface area (TPSA) is 78.9 Å². The Labute approximate surface area is 405 Å². The number of carbonyl (C=O) groups excluding carboxylic acids is 3. The third-order valence-electron chi connectivity index (χ3n) is 10.4. The van der Waals surface area contributed by atoms with Gasteiger partial charge in [0.2, 0.25) is 0 Å². The van der Waals surface area contributed by atoms with Gasteiger partial charge in [-0.2, -0.15) is 0 Å². The highest BCUT2D eigenvalue weighted by Gasteiger charge is 2.19. The maximum atomic E-state index is 12.7. The average Bonchev–Trinajstić information content (AvgIpc) is 3.31. The van der Waals surface area contributed by atoms with Gasteiger partial charge in [0.1, 0.15) is 13.2 Å². The Bertz CT molecular complexity index is 1460. The monoisotopic (exact) mass is 911 g/mol. The Balaban J connectivity index is 4.32. The molecule has 0 bridgehead atoms. The van der Waals surface area contributed by atoms with Gasteiger partial charge in [-0.05, 0) is 109 Å². The van der Waals surface area contributed by atoms with E-state index in [1.807, 2.05) is 0 Å². The molecule has 1 atom stereocenters. The highest BCUT2D eigenvalue weighted by Crippen LogP contribution is 2.12. The first-order valence-corrected chi connectivity index (χ1v) is 26.2. The fourth-order valence-corrected chi connectivity index (χ4v) is 6.54. The van der Waals surface area contributed by atoms with E-state index in [1.165, 1.54) is 32.1 Å². The standard InChI is InChI=1S/C60H94O6/c1-4-7-10-13-16-18-20-22-24-26-27-28-29-30-31-32-33-35-36-38-40-42-44-47-50-53-59(62)65-56-57(55-64-58(61)52-49-46-15-12-9-6-3)66-60(63)54-51-48-45-43-41-39-37-34-25-23-21-19-17-14-11-8-5-2/h7-8,10-11,16-19,22-25,27-28,30-31,33,35,37,39,43,45,57H,4-6,9,12-15,20-21,26,29,32,34,36,38,40-42,44,46-56H2,1-3H3/b10-7-,11-8-,18-16-,19-17-,24-22-,25-23-,28-27-,31-30-,35-33-,39-37-,45-43-. The van der Waals surface area contributed by atoms with Crippen LogP contribution in [0.5, 0.6) is 0 Å². The maximum Gasteiger partial charge on any atom is 0.306 e. The van der Waals surface area contributed by atoms with Crippen LogP contribution in [0.15, 0.2) is 134 Å². The number of ether oxygens (including phenoxy) is 3. The third kappa shape index (κ3) is 50.5. The highest BCUT2D eigenvalue weighted by molar-refractivity contribution is 5.71. The molecule has 0 aromatic heterocycles. The molecule has 0 aliphatic heterocycles. The SMILES string of the molecule is CC/C=C\C/C=C\C/C=C\C/C=C\C/C=C\C/C=C\CCCCCCCCC(=O)OCC(COC(=O)CCCCCCCC)OC(=O)CCC/C=C\C/C=C\C/C=C\C/C=C\C/C=C\CC. The van der Waals surface area contributed by atoms with Gasteiger partial charge in [0, 0.05) is 19.3 Å². The van der Waals surface area contributed by atoms with Crippen LogP contribution in [0.1, 0.15) is 207 Å². The summed E-state index contributed by atoms with van der Waals surface area (Å²) in [5.41, 5.74) is 0. The van der Waals surface area contributed by atoms with Crippen molar-refractivity contribution in [2.24, 2.45) is 0 Å². The lowest BCUT2D eigenvalue weighted by atomic mass is 10.1. The Hall–Kier alpha value is -4.45. The minimum atomic E-state index is -0.815. The molecule has 6 heteroatoms. The molecule has 0 fully saturated rings. The molecular formula is C60H94O6. The Morgan fingerprint density at radius 1 is 0.318 bits per heavy atom. The Kier molecular flexibility index (Phi) is 49.6. The molecule has 0 N–H and O–H groups in total. The summed E-state index contributed by atoms with van der Waals surface area (Å²) >= 11 is 0. The molecule has 1 unspecified atom stereocenters. The van der Waals surface area contributed by atoms with Gasteiger partial charge in [-0.15, -0.1) is 0 Å². The predicted octanol–water partition coefficient (Wildman–Crippen LogP) is 17.5. The summed E-state index contributed by atoms with van der Waals surface area (Å²) in [6.07, 6.45) is 74.7. The minimum Gasteiger partial charge on any atom is -0.462 e. The van der Waals surface area contributed by atoms with Gasteiger partial charge in [0.05, 0.1) is 0 Å². The van der Waals surface area contributed by atoms with Crippen LogP contribution >= 0.6 is 0 Å². The molecule has 6 nitrogen and oxygen atoms in total. The van der Waals surface area contributed by atoms with Gasteiger partial charge in [0.25, 0.3) is 0 Å². The van der Waals surface area contributed by atoms with E-state index >= 15 is 0 Å². The summed E-state index contributed by atoms with van der Waals surface area (Å²) in [6.45, 7) is 6.26. The summed E-state index contributed by atoms with van der Waals surface area (Å²) in [5, 5.41) is 0. The number of allylic oxidation sites excluding steroid dienone is 22. The van der Waals surface area contributed by atoms with Crippen LogP contribution < -0.4 is 0 Å². The van der Waals surface area contributed by atoms with Crippen LogP contribution in [0.3, 0.4) is 0 Å². The third-order valence-corrected chi connectivity index (χ3v) is 10.4. The first-order chi connectivity index (χ1) is 32.5. The number of carbonyl (C=O) groups is 3. The van der Waals surface area contributed by atoms with Crippen LogP contribution in [0.25, 0.3) is 0 Å². The molecule has 0 amide bonds. The first-order valence-electron chi connectivity index (χ1n) is 26.2. The second kappa shape index (κ2) is 53.2. The van der Waals surface area contributed by atoms with Crippen molar-refractivity contribution in [2.75, 3.05) is 13.2 Å². The summed E-state index contributed by atoms with van der Waals surface area (Å²) < 4.78 is 16.6. The van der Waals surface area contributed by atoms with Gasteiger partial charge in [-0.25, -0.2) is 0 Å². The largest absolute Gasteiger partial charge is 0.462 e. The molecule has 0 spiro atoms. The van der Waals surface area contributed by atoms with Gasteiger partial charge in [0.15, 0.2) is 6.10 Å². The number of rotatable bonds is 45. The van der Waals surface area contributed by atoms with E-state index in [0.29, 0.717) is 19.3 Å². The highest BCUT2D eigenvalue weighted by atomic mass is 16.6. The van der Waals surface area contributed by atoms with Crippen LogP contribution in [0.4, 0.5) is 0 Å². The smallest absolute Gasteiger partial charge is 0.306 e. The van der Waals surface area contributed by atoms with Crippen molar-refractivity contribution >= 4 is 17.9 Å². The van der Waals surface area contributed by atoms with Gasteiger partial charge in [-0.1, -0.05) is 212 Å². The quantitative estimate of drug-likeness (QED) is 0.0262. The van der Waals surface area contributed by atoms with E-state index in [2.05, 4.69) is 154 Å². The fourth-order valence-electron chi connectivity index (χ4n) is 6.54. The molecule has 0 aromatic carbocycles. The van der Waals surface area contributed by atoms with E-state index in [4.69, 9.17) is 14.2 Å². The number of esters is 3. The van der Waals surface area contributed by atoms with E-state index in [1.54, 1.807) is 0 Å². The van der Waals surface area contributed by atoms with Crippen molar-refractivity contribution in [3.05, 3.63) is 134 Å². The van der Waals surface area contributed by atoms with Crippen LogP contribution in [0.2, 0.25) is 0 Å². The van der Waals surface area contributed by atoms with Crippen molar-refractivity contribution in [1.29, 1.82) is 0 Å². The lowest BCUT2D eigenvalue weighted by molar-refractivity contribution is -0.167. The average molecular weight is 911 g/mol.